The smallest absolute Gasteiger partial charge is 0.143 e. The van der Waals surface area contributed by atoms with Crippen molar-refractivity contribution < 1.29 is 34.6 Å². The van der Waals surface area contributed by atoms with Crippen molar-refractivity contribution in [3.8, 4) is 44.7 Å². The molecule has 1 nitrogen and oxygen atoms in total. The van der Waals surface area contributed by atoms with E-state index in [0.717, 1.165) is 0 Å². The Morgan fingerprint density at radius 2 is 1.00 bits per heavy atom. The van der Waals surface area contributed by atoms with Crippen molar-refractivity contribution in [2.75, 3.05) is 0 Å². The molecule has 0 saturated heterocycles. The van der Waals surface area contributed by atoms with Crippen molar-refractivity contribution in [2.45, 2.75) is 0 Å². The molecule has 0 radical (unpaired) electrons. The highest BCUT2D eigenvalue weighted by Gasteiger charge is 2.25. The van der Waals surface area contributed by atoms with E-state index in [1.165, 1.54) is 6.07 Å². The van der Waals surface area contributed by atoms with Crippen LogP contribution in [0, 0.1) is 0 Å². The molecule has 0 aliphatic carbocycles. The number of hydrogen-bond donors (Lipinski definition) is 0. The fraction of sp³-hybridized carbons (Fsp3) is 0. The highest BCUT2D eigenvalue weighted by molar-refractivity contribution is 6.25. The van der Waals surface area contributed by atoms with Crippen molar-refractivity contribution >= 4 is 54.1 Å². The lowest BCUT2D eigenvalue weighted by Crippen LogP contribution is -1.92. The Labute approximate surface area is 315 Å². The molecular formula is C48H30O. The zero-order valence-electron chi connectivity index (χ0n) is 47.0. The van der Waals surface area contributed by atoms with E-state index in [0.29, 0.717) is 11.1 Å². The van der Waals surface area contributed by atoms with Crippen LogP contribution in [0.2, 0.25) is 0 Å². The average Bonchev–Trinajstić information content (AvgIpc) is 3.73. The van der Waals surface area contributed by atoms with Crippen LogP contribution in [0.4, 0.5) is 0 Å². The van der Waals surface area contributed by atoms with Gasteiger partial charge in [-0.15, -0.1) is 0 Å². The van der Waals surface area contributed by atoms with Crippen LogP contribution in [-0.4, -0.2) is 0 Å². The molecule has 0 spiro atoms. The fourth-order valence-corrected chi connectivity index (χ4v) is 6.44. The summed E-state index contributed by atoms with van der Waals surface area (Å²) in [6.45, 7) is 0. The first-order valence-electron chi connectivity index (χ1n) is 26.1. The summed E-state index contributed by atoms with van der Waals surface area (Å²) in [5.74, 6) is -0.486. The van der Waals surface area contributed by atoms with Gasteiger partial charge in [0.15, 0.2) is 0 Å². The van der Waals surface area contributed by atoms with Gasteiger partial charge < -0.3 is 4.42 Å². The van der Waals surface area contributed by atoms with Crippen LogP contribution in [0.15, 0.2) is 186 Å². The monoisotopic (exact) mass is 644 g/mol. The molecule has 1 heterocycles. The number of furan rings is 1. The second-order valence-electron chi connectivity index (χ2n) is 11.1. The van der Waals surface area contributed by atoms with E-state index in [1.807, 2.05) is 0 Å². The first-order chi connectivity index (χ1) is 33.5. The summed E-state index contributed by atoms with van der Waals surface area (Å²) in [6, 6.07) is -4.17. The number of hydrogen-bond acceptors (Lipinski definition) is 1. The zero-order valence-corrected chi connectivity index (χ0v) is 25.0. The normalized spacial score (nSPS) is 18.0. The van der Waals surface area contributed by atoms with Crippen LogP contribution in [0.1, 0.15) is 30.2 Å². The highest BCUT2D eigenvalue weighted by Crippen LogP contribution is 2.51. The minimum atomic E-state index is -0.866. The van der Waals surface area contributed by atoms with Gasteiger partial charge in [-0.2, -0.15) is 0 Å². The van der Waals surface area contributed by atoms with Crippen LogP contribution >= 0.6 is 0 Å². The second-order valence-corrected chi connectivity index (χ2v) is 11.1. The first-order valence-corrected chi connectivity index (χ1v) is 15.1. The van der Waals surface area contributed by atoms with Gasteiger partial charge in [-0.3, -0.25) is 0 Å². The zero-order chi connectivity index (χ0) is 51.5. The molecule has 9 aromatic carbocycles. The van der Waals surface area contributed by atoms with Crippen LogP contribution < -0.4 is 0 Å². The Bertz CT molecular complexity index is 4020. The summed E-state index contributed by atoms with van der Waals surface area (Å²) in [5, 5.41) is -3.79. The van der Waals surface area contributed by atoms with E-state index >= 15 is 0 Å². The van der Waals surface area contributed by atoms with Crippen LogP contribution in [0.3, 0.4) is 0 Å². The predicted octanol–water partition coefficient (Wildman–Crippen LogP) is 13.7. The summed E-state index contributed by atoms with van der Waals surface area (Å²) in [5.41, 5.74) is -1.16. The third-order valence-electron chi connectivity index (χ3n) is 8.52. The van der Waals surface area contributed by atoms with E-state index in [2.05, 4.69) is 0 Å². The van der Waals surface area contributed by atoms with Gasteiger partial charge in [0.25, 0.3) is 0 Å². The molecule has 0 bridgehead atoms. The standard InChI is InChI=1S/C48H30O/c1-3-14-31(15-4-1)34-27-29-43-44(30-34)49-48(42-25-13-24-36-35-19-8-7-16-32(35)26-28-37(36)42)47(43)46-40-22-11-9-20-38(40)45(33-17-5-2-6-18-33)39-21-10-12-23-41(39)46/h1-30H/i2D,5D,6D,7D,8D,9D,10D,11D,12D,13D,16D,17D,18D,19D,20D,21D,22D,23D,24D,25D,26D,28D. The second kappa shape index (κ2) is 11.1. The van der Waals surface area contributed by atoms with E-state index in [9.17, 15) is 12.3 Å². The quantitative estimate of drug-likeness (QED) is 0.137. The van der Waals surface area contributed by atoms with Crippen molar-refractivity contribution in [2.24, 2.45) is 0 Å². The Morgan fingerprint density at radius 1 is 0.367 bits per heavy atom. The van der Waals surface area contributed by atoms with Crippen molar-refractivity contribution in [1.82, 2.24) is 0 Å². The molecule has 0 aliphatic rings. The maximum Gasteiger partial charge on any atom is 0.143 e. The third kappa shape index (κ3) is 4.33. The minimum absolute atomic E-state index is 0.0246. The lowest BCUT2D eigenvalue weighted by molar-refractivity contribution is 0.633. The molecule has 0 aliphatic heterocycles. The molecule has 10 rings (SSSR count). The van der Waals surface area contributed by atoms with Gasteiger partial charge in [-0.1, -0.05) is 169 Å². The maximum absolute atomic E-state index is 9.62. The molecule has 0 atom stereocenters. The molecule has 49 heavy (non-hydrogen) atoms. The molecular weight excluding hydrogens is 593 g/mol. The highest BCUT2D eigenvalue weighted by atomic mass is 16.3. The number of rotatable bonds is 4. The lowest BCUT2D eigenvalue weighted by Gasteiger charge is -2.18. The summed E-state index contributed by atoms with van der Waals surface area (Å²) >= 11 is 0. The SMILES string of the molecule is [2H]c1c([2H])c([2H])c(-c2c3c([2H])c([2H])c([2H])c([2H])c3c(-c3c(-c4c([2H])c([2H])c([2H])c5c4c([2H])c([2H])c4c([2H])c([2H])c([2H])c([2H])c45)oc4cc(-c5ccccc5)ccc34)c3c([2H])c([2H])c([2H])c([2H])c23)c([2H])c1[2H]. The van der Waals surface area contributed by atoms with Gasteiger partial charge in [0.2, 0.25) is 0 Å². The van der Waals surface area contributed by atoms with Crippen molar-refractivity contribution in [1.29, 1.82) is 0 Å². The Balaban J connectivity index is 1.56. The molecule has 1 heteroatoms. The summed E-state index contributed by atoms with van der Waals surface area (Å²) < 4.78 is 206. The van der Waals surface area contributed by atoms with Gasteiger partial charge in [0, 0.05) is 22.1 Å². The van der Waals surface area contributed by atoms with Gasteiger partial charge in [0.05, 0.1) is 30.2 Å². The topological polar surface area (TPSA) is 13.1 Å². The van der Waals surface area contributed by atoms with Crippen LogP contribution in [-0.2, 0) is 0 Å². The van der Waals surface area contributed by atoms with E-state index in [4.69, 9.17) is 22.2 Å². The maximum atomic E-state index is 9.62. The summed E-state index contributed by atoms with van der Waals surface area (Å²) in [7, 11) is 0. The number of benzene rings is 9. The Morgan fingerprint density at radius 3 is 1.73 bits per heavy atom. The first kappa shape index (κ1) is 13.6. The summed E-state index contributed by atoms with van der Waals surface area (Å²) in [6.07, 6.45) is 0. The third-order valence-corrected chi connectivity index (χ3v) is 8.52. The minimum Gasteiger partial charge on any atom is -0.455 e. The molecule has 0 saturated carbocycles. The Kier molecular flexibility index (Phi) is 3.07. The fourth-order valence-electron chi connectivity index (χ4n) is 6.44. The molecule has 1 aromatic heterocycles. The molecule has 0 amide bonds. The molecule has 10 aromatic rings. The lowest BCUT2D eigenvalue weighted by atomic mass is 9.84. The molecule has 228 valence electrons. The van der Waals surface area contributed by atoms with Gasteiger partial charge >= 0.3 is 0 Å². The van der Waals surface area contributed by atoms with Crippen molar-refractivity contribution in [3.63, 3.8) is 0 Å². The van der Waals surface area contributed by atoms with E-state index < -0.39 is 204 Å². The summed E-state index contributed by atoms with van der Waals surface area (Å²) in [4.78, 5) is 0. The van der Waals surface area contributed by atoms with Gasteiger partial charge in [-0.25, -0.2) is 0 Å². The van der Waals surface area contributed by atoms with Gasteiger partial charge in [-0.05, 0) is 77.5 Å². The molecule has 0 N–H and O–H groups in total. The average molecular weight is 645 g/mol. The van der Waals surface area contributed by atoms with Crippen LogP contribution in [0.5, 0.6) is 0 Å². The van der Waals surface area contributed by atoms with Crippen molar-refractivity contribution in [3.05, 3.63) is 181 Å². The number of fused-ring (bicyclic) bond motifs is 6. The Hall–Kier alpha value is -6.44. The molecule has 0 unspecified atom stereocenters. The predicted molar refractivity (Wildman–Crippen MR) is 208 cm³/mol. The van der Waals surface area contributed by atoms with E-state index in [-0.39, 0.29) is 16.5 Å². The largest absolute Gasteiger partial charge is 0.455 e. The van der Waals surface area contributed by atoms with Gasteiger partial charge in [0.1, 0.15) is 11.3 Å². The van der Waals surface area contributed by atoms with Crippen LogP contribution in [0.25, 0.3) is 98.8 Å². The van der Waals surface area contributed by atoms with E-state index in [1.54, 1.807) is 42.5 Å². The molecule has 0 fully saturated rings.